The molecular formula is C40H64F5NO18. The van der Waals surface area contributed by atoms with Crippen molar-refractivity contribution in [2.45, 2.75) is 25.7 Å². The van der Waals surface area contributed by atoms with E-state index in [0.29, 0.717) is 158 Å². The maximum absolute atomic E-state index is 13.6. The molecule has 1 amide bonds. The number of carbonyl (C=O) groups excluding carboxylic acids is 2. The normalized spacial score (nSPS) is 11.4. The highest BCUT2D eigenvalue weighted by molar-refractivity contribution is 5.80. The number of carbonyl (C=O) groups is 3. The van der Waals surface area contributed by atoms with Crippen molar-refractivity contribution < 1.29 is 108 Å². The average molecular weight is 942 g/mol. The zero-order chi connectivity index (χ0) is 46.7. The quantitative estimate of drug-likeness (QED) is 0.0240. The molecule has 0 aromatic heterocycles. The second-order valence-corrected chi connectivity index (χ2v) is 12.7. The van der Waals surface area contributed by atoms with E-state index in [9.17, 15) is 36.3 Å². The van der Waals surface area contributed by atoms with Crippen LogP contribution >= 0.6 is 0 Å². The Balaban J connectivity index is 1.68. The second-order valence-electron chi connectivity index (χ2n) is 12.7. The van der Waals surface area contributed by atoms with Crippen molar-refractivity contribution in [2.24, 2.45) is 0 Å². The SMILES string of the molecule is O=C(O)CCC(=O)NCCCOCCOCCOCCOCCOCCOCCOCCOCCOCCOCCOCCOCCOCCC(=O)Oc1c(F)c(F)c(F)c(F)c1F. The molecule has 0 aliphatic carbocycles. The summed E-state index contributed by atoms with van der Waals surface area (Å²) in [5.74, 6) is -15.5. The number of amides is 1. The van der Waals surface area contributed by atoms with Crippen LogP contribution in [-0.4, -0.2) is 201 Å². The Kier molecular flexibility index (Phi) is 38.9. The van der Waals surface area contributed by atoms with Gasteiger partial charge in [-0.25, -0.2) is 13.2 Å². The standard InChI is InChI=1S/C40H64F5NO18/c41-35-36(42)38(44)40(39(45)37(35)43)64-34(50)4-7-52-9-11-54-13-15-56-17-19-58-21-23-60-25-27-62-29-31-63-30-28-61-26-24-59-22-20-57-18-16-55-14-12-53-10-8-51-6-1-5-46-32(47)2-3-33(48)49/h1-31H2,(H,46,47)(H,48,49). The second kappa shape index (κ2) is 42.4. The Morgan fingerprint density at radius 1 is 0.359 bits per heavy atom. The summed E-state index contributed by atoms with van der Waals surface area (Å²) in [7, 11) is 0. The number of carboxylic acid groups (broad SMARTS) is 1. The van der Waals surface area contributed by atoms with Gasteiger partial charge in [-0.2, -0.15) is 8.78 Å². The molecule has 24 heteroatoms. The Bertz CT molecular complexity index is 1310. The Morgan fingerprint density at radius 3 is 0.922 bits per heavy atom. The van der Waals surface area contributed by atoms with Crippen LogP contribution in [-0.2, 0) is 76.0 Å². The number of nitrogens with one attached hydrogen (secondary N) is 1. The van der Waals surface area contributed by atoms with Crippen LogP contribution in [0.5, 0.6) is 5.75 Å². The van der Waals surface area contributed by atoms with Crippen LogP contribution in [0.25, 0.3) is 0 Å². The van der Waals surface area contributed by atoms with Crippen LogP contribution in [0.4, 0.5) is 22.0 Å². The molecule has 0 saturated heterocycles. The molecule has 1 aromatic carbocycles. The fourth-order valence-electron chi connectivity index (χ4n) is 4.45. The Morgan fingerprint density at radius 2 is 0.625 bits per heavy atom. The van der Waals surface area contributed by atoms with Crippen LogP contribution < -0.4 is 10.1 Å². The van der Waals surface area contributed by atoms with Crippen LogP contribution in [0.2, 0.25) is 0 Å². The smallest absolute Gasteiger partial charge is 0.313 e. The molecule has 0 radical (unpaired) electrons. The van der Waals surface area contributed by atoms with Crippen molar-refractivity contribution in [3.8, 4) is 5.75 Å². The van der Waals surface area contributed by atoms with Crippen LogP contribution in [0.15, 0.2) is 0 Å². The summed E-state index contributed by atoms with van der Waals surface area (Å²) in [5.41, 5.74) is 0. The molecule has 0 aliphatic heterocycles. The van der Waals surface area contributed by atoms with Gasteiger partial charge in [-0.1, -0.05) is 0 Å². The monoisotopic (exact) mass is 941 g/mol. The first-order valence-corrected chi connectivity index (χ1v) is 20.9. The average Bonchev–Trinajstić information content (AvgIpc) is 3.28. The van der Waals surface area contributed by atoms with Gasteiger partial charge in [0, 0.05) is 19.6 Å². The number of aliphatic carboxylic acids is 1. The van der Waals surface area contributed by atoms with Gasteiger partial charge in [0.05, 0.1) is 178 Å². The predicted octanol–water partition coefficient (Wildman–Crippen LogP) is 2.26. The maximum atomic E-state index is 13.6. The summed E-state index contributed by atoms with van der Waals surface area (Å²) in [5, 5.41) is 11.2. The van der Waals surface area contributed by atoms with Gasteiger partial charge in [0.2, 0.25) is 40.7 Å². The number of benzene rings is 1. The fourth-order valence-corrected chi connectivity index (χ4v) is 4.45. The lowest BCUT2D eigenvalue weighted by atomic mass is 10.2. The molecule has 0 saturated carbocycles. The number of halogens is 5. The molecule has 0 atom stereocenters. The minimum Gasteiger partial charge on any atom is -0.481 e. The molecule has 372 valence electrons. The Labute approximate surface area is 369 Å². The minimum atomic E-state index is -2.35. The third-order valence-corrected chi connectivity index (χ3v) is 7.65. The first kappa shape index (κ1) is 58.8. The summed E-state index contributed by atoms with van der Waals surface area (Å²) in [4.78, 5) is 33.5. The number of esters is 1. The van der Waals surface area contributed by atoms with Crippen molar-refractivity contribution in [3.63, 3.8) is 0 Å². The zero-order valence-corrected chi connectivity index (χ0v) is 36.2. The first-order valence-electron chi connectivity index (χ1n) is 20.9. The number of hydrogen-bond acceptors (Lipinski definition) is 17. The molecule has 64 heavy (non-hydrogen) atoms. The van der Waals surface area contributed by atoms with Crippen LogP contribution in [0.1, 0.15) is 25.7 Å². The van der Waals surface area contributed by atoms with Gasteiger partial charge in [-0.15, -0.1) is 0 Å². The molecule has 0 spiro atoms. The highest BCUT2D eigenvalue weighted by Crippen LogP contribution is 2.29. The van der Waals surface area contributed by atoms with Gasteiger partial charge < -0.3 is 76.7 Å². The summed E-state index contributed by atoms with van der Waals surface area (Å²) in [6, 6.07) is 0. The lowest BCUT2D eigenvalue weighted by Crippen LogP contribution is -2.25. The van der Waals surface area contributed by atoms with Gasteiger partial charge in [0.15, 0.2) is 0 Å². The van der Waals surface area contributed by atoms with Crippen LogP contribution in [0, 0.1) is 29.1 Å². The van der Waals surface area contributed by atoms with E-state index in [1.165, 1.54) is 0 Å². The molecule has 0 bridgehead atoms. The molecule has 1 aromatic rings. The van der Waals surface area contributed by atoms with E-state index in [1.807, 2.05) is 0 Å². The van der Waals surface area contributed by atoms with Crippen molar-refractivity contribution in [1.29, 1.82) is 0 Å². The lowest BCUT2D eigenvalue weighted by Gasteiger charge is -2.09. The fraction of sp³-hybridized carbons (Fsp3) is 0.775. The summed E-state index contributed by atoms with van der Waals surface area (Å²) < 4.78 is 141. The van der Waals surface area contributed by atoms with E-state index in [0.717, 1.165) is 0 Å². The third kappa shape index (κ3) is 34.2. The first-order chi connectivity index (χ1) is 31.1. The topological polar surface area (TPSA) is 213 Å². The van der Waals surface area contributed by atoms with Gasteiger partial charge in [-0.05, 0) is 6.42 Å². The van der Waals surface area contributed by atoms with E-state index in [4.69, 9.17) is 66.7 Å². The van der Waals surface area contributed by atoms with E-state index in [1.54, 1.807) is 0 Å². The van der Waals surface area contributed by atoms with E-state index < -0.39 is 53.2 Å². The largest absolute Gasteiger partial charge is 0.481 e. The van der Waals surface area contributed by atoms with Gasteiger partial charge in [0.1, 0.15) is 0 Å². The van der Waals surface area contributed by atoms with E-state index in [-0.39, 0.29) is 45.2 Å². The molecule has 2 N–H and O–H groups in total. The highest BCUT2D eigenvalue weighted by atomic mass is 19.2. The molecule has 0 heterocycles. The predicted molar refractivity (Wildman–Crippen MR) is 212 cm³/mol. The molecule has 0 unspecified atom stereocenters. The Hall–Kier alpha value is -3.24. The molecule has 19 nitrogen and oxygen atoms in total. The minimum absolute atomic E-state index is 0.0274. The summed E-state index contributed by atoms with van der Waals surface area (Å²) in [6.45, 7) is 9.88. The van der Waals surface area contributed by atoms with E-state index in [2.05, 4.69) is 10.1 Å². The van der Waals surface area contributed by atoms with E-state index >= 15 is 0 Å². The number of ether oxygens (including phenoxy) is 14. The summed E-state index contributed by atoms with van der Waals surface area (Å²) in [6.07, 6.45) is -0.0730. The number of hydrogen-bond donors (Lipinski definition) is 2. The van der Waals surface area contributed by atoms with Crippen molar-refractivity contribution >= 4 is 17.8 Å². The van der Waals surface area contributed by atoms with Gasteiger partial charge in [-0.3, -0.25) is 14.4 Å². The number of carboxylic acids is 1. The molecule has 0 fully saturated rings. The van der Waals surface area contributed by atoms with Crippen molar-refractivity contribution in [1.82, 2.24) is 5.32 Å². The zero-order valence-electron chi connectivity index (χ0n) is 36.2. The summed E-state index contributed by atoms with van der Waals surface area (Å²) >= 11 is 0. The van der Waals surface area contributed by atoms with Gasteiger partial charge >= 0.3 is 11.9 Å². The van der Waals surface area contributed by atoms with Gasteiger partial charge in [0.25, 0.3) is 0 Å². The highest BCUT2D eigenvalue weighted by Gasteiger charge is 2.28. The molecule has 0 aliphatic rings. The lowest BCUT2D eigenvalue weighted by molar-refractivity contribution is -0.139. The van der Waals surface area contributed by atoms with Crippen LogP contribution in [0.3, 0.4) is 0 Å². The van der Waals surface area contributed by atoms with Crippen molar-refractivity contribution in [3.05, 3.63) is 29.1 Å². The maximum Gasteiger partial charge on any atom is 0.313 e. The van der Waals surface area contributed by atoms with Crippen molar-refractivity contribution in [2.75, 3.05) is 178 Å². The number of rotatable bonds is 47. The molecular weight excluding hydrogens is 877 g/mol. The third-order valence-electron chi connectivity index (χ3n) is 7.65. The molecule has 1 rings (SSSR count).